The molecule has 1 aliphatic heterocycles. The maximum atomic E-state index is 10.4. The van der Waals surface area contributed by atoms with E-state index in [9.17, 15) is 4.79 Å². The SMILES string of the molecule is C[C@@H]1C=C[C@@H](C(=O)Cl)O1. The van der Waals surface area contributed by atoms with E-state index in [2.05, 4.69) is 0 Å². The fourth-order valence-electron chi connectivity index (χ4n) is 0.709. The number of carbonyl (C=O) groups excluding carboxylic acids is 1. The smallest absolute Gasteiger partial charge is 0.254 e. The van der Waals surface area contributed by atoms with Crippen molar-refractivity contribution in [1.29, 1.82) is 0 Å². The van der Waals surface area contributed by atoms with Gasteiger partial charge in [0.2, 0.25) is 0 Å². The first-order valence-electron chi connectivity index (χ1n) is 2.73. The number of carbonyl (C=O) groups is 1. The van der Waals surface area contributed by atoms with Crippen LogP contribution in [0.25, 0.3) is 0 Å². The highest BCUT2D eigenvalue weighted by Gasteiger charge is 2.20. The third-order valence-electron chi connectivity index (χ3n) is 1.14. The topological polar surface area (TPSA) is 26.3 Å². The molecule has 1 rings (SSSR count). The molecule has 50 valence electrons. The second kappa shape index (κ2) is 2.50. The van der Waals surface area contributed by atoms with Crippen LogP contribution in [0.4, 0.5) is 0 Å². The van der Waals surface area contributed by atoms with E-state index in [0.717, 1.165) is 0 Å². The van der Waals surface area contributed by atoms with Gasteiger partial charge in [-0.1, -0.05) is 6.08 Å². The van der Waals surface area contributed by atoms with Crippen molar-refractivity contribution in [2.24, 2.45) is 0 Å². The summed E-state index contributed by atoms with van der Waals surface area (Å²) in [6.07, 6.45) is 2.99. The van der Waals surface area contributed by atoms with Crippen LogP contribution in [0.15, 0.2) is 12.2 Å². The van der Waals surface area contributed by atoms with Crippen LogP contribution >= 0.6 is 11.6 Å². The van der Waals surface area contributed by atoms with Crippen LogP contribution in [0.5, 0.6) is 0 Å². The van der Waals surface area contributed by atoms with Crippen molar-refractivity contribution < 1.29 is 9.53 Å². The molecule has 0 radical (unpaired) electrons. The summed E-state index contributed by atoms with van der Waals surface area (Å²) in [5.41, 5.74) is 0. The first kappa shape index (κ1) is 6.78. The van der Waals surface area contributed by atoms with Gasteiger partial charge in [0.25, 0.3) is 5.24 Å². The lowest BCUT2D eigenvalue weighted by Crippen LogP contribution is -2.15. The standard InChI is InChI=1S/C6H7ClO2/c1-4-2-3-5(9-4)6(7)8/h2-5H,1H3/t4-,5+/m1/s1. The third kappa shape index (κ3) is 1.53. The Balaban J connectivity index is 2.50. The Hall–Kier alpha value is -0.340. The number of halogens is 1. The van der Waals surface area contributed by atoms with Gasteiger partial charge in [-0.05, 0) is 24.6 Å². The van der Waals surface area contributed by atoms with Crippen molar-refractivity contribution in [3.8, 4) is 0 Å². The molecule has 2 nitrogen and oxygen atoms in total. The third-order valence-corrected chi connectivity index (χ3v) is 1.36. The van der Waals surface area contributed by atoms with Crippen LogP contribution in [0.2, 0.25) is 0 Å². The summed E-state index contributed by atoms with van der Waals surface area (Å²) in [4.78, 5) is 10.4. The van der Waals surface area contributed by atoms with E-state index in [1.165, 1.54) is 0 Å². The summed E-state index contributed by atoms with van der Waals surface area (Å²) < 4.78 is 5.03. The van der Waals surface area contributed by atoms with Gasteiger partial charge in [-0.25, -0.2) is 0 Å². The Morgan fingerprint density at radius 3 is 2.56 bits per heavy atom. The van der Waals surface area contributed by atoms with Crippen LogP contribution in [0.1, 0.15) is 6.92 Å². The molecule has 0 aromatic carbocycles. The van der Waals surface area contributed by atoms with Crippen molar-refractivity contribution in [3.63, 3.8) is 0 Å². The summed E-state index contributed by atoms with van der Waals surface area (Å²) in [6.45, 7) is 1.86. The monoisotopic (exact) mass is 146 g/mol. The zero-order valence-corrected chi connectivity index (χ0v) is 5.76. The second-order valence-electron chi connectivity index (χ2n) is 1.95. The van der Waals surface area contributed by atoms with Crippen LogP contribution in [-0.2, 0) is 9.53 Å². The minimum Gasteiger partial charge on any atom is -0.358 e. The minimum absolute atomic E-state index is 0.0256. The molecule has 0 fully saturated rings. The van der Waals surface area contributed by atoms with E-state index in [0.29, 0.717) is 0 Å². The van der Waals surface area contributed by atoms with Gasteiger partial charge in [0, 0.05) is 0 Å². The lowest BCUT2D eigenvalue weighted by atomic mass is 10.3. The van der Waals surface area contributed by atoms with Gasteiger partial charge >= 0.3 is 0 Å². The summed E-state index contributed by atoms with van der Waals surface area (Å²) >= 11 is 5.13. The second-order valence-corrected chi connectivity index (χ2v) is 2.32. The summed E-state index contributed by atoms with van der Waals surface area (Å²) in [5, 5.41) is -0.449. The van der Waals surface area contributed by atoms with E-state index < -0.39 is 11.3 Å². The molecule has 0 saturated heterocycles. The van der Waals surface area contributed by atoms with Crippen molar-refractivity contribution in [1.82, 2.24) is 0 Å². The largest absolute Gasteiger partial charge is 0.358 e. The summed E-state index contributed by atoms with van der Waals surface area (Å²) in [6, 6.07) is 0. The molecule has 9 heavy (non-hydrogen) atoms. The Kier molecular flexibility index (Phi) is 1.88. The average Bonchev–Trinajstić information content (AvgIpc) is 2.14. The molecule has 3 heteroatoms. The molecule has 0 aromatic heterocycles. The number of hydrogen-bond donors (Lipinski definition) is 0. The molecular formula is C6H7ClO2. The molecule has 0 bridgehead atoms. The average molecular weight is 147 g/mol. The van der Waals surface area contributed by atoms with Crippen molar-refractivity contribution in [2.45, 2.75) is 19.1 Å². The minimum atomic E-state index is -0.512. The lowest BCUT2D eigenvalue weighted by molar-refractivity contribution is -0.119. The highest BCUT2D eigenvalue weighted by atomic mass is 35.5. The Morgan fingerprint density at radius 2 is 2.33 bits per heavy atom. The van der Waals surface area contributed by atoms with Gasteiger partial charge < -0.3 is 4.74 Å². The maximum Gasteiger partial charge on any atom is 0.254 e. The molecule has 0 aromatic rings. The first-order valence-corrected chi connectivity index (χ1v) is 3.11. The van der Waals surface area contributed by atoms with E-state index in [-0.39, 0.29) is 6.10 Å². The normalized spacial score (nSPS) is 33.1. The zero-order valence-electron chi connectivity index (χ0n) is 5.00. The van der Waals surface area contributed by atoms with Crippen molar-refractivity contribution in [2.75, 3.05) is 0 Å². The van der Waals surface area contributed by atoms with Crippen LogP contribution in [0.3, 0.4) is 0 Å². The molecular weight excluding hydrogens is 140 g/mol. The Labute approximate surface area is 58.4 Å². The molecule has 1 aliphatic rings. The van der Waals surface area contributed by atoms with Gasteiger partial charge in [0.1, 0.15) is 0 Å². The van der Waals surface area contributed by atoms with Crippen LogP contribution < -0.4 is 0 Å². The number of rotatable bonds is 1. The maximum absolute atomic E-state index is 10.4. The van der Waals surface area contributed by atoms with E-state index in [1.54, 1.807) is 6.08 Å². The molecule has 0 unspecified atom stereocenters. The van der Waals surface area contributed by atoms with Crippen molar-refractivity contribution in [3.05, 3.63) is 12.2 Å². The zero-order chi connectivity index (χ0) is 6.85. The quantitative estimate of drug-likeness (QED) is 0.409. The molecule has 0 spiro atoms. The van der Waals surface area contributed by atoms with Crippen molar-refractivity contribution >= 4 is 16.8 Å². The van der Waals surface area contributed by atoms with Gasteiger partial charge in [0.15, 0.2) is 6.10 Å². The highest BCUT2D eigenvalue weighted by molar-refractivity contribution is 6.64. The predicted octanol–water partition coefficient (Wildman–Crippen LogP) is 1.10. The molecule has 1 heterocycles. The van der Waals surface area contributed by atoms with Gasteiger partial charge in [-0.15, -0.1) is 0 Å². The van der Waals surface area contributed by atoms with E-state index in [4.69, 9.17) is 16.3 Å². The lowest BCUT2D eigenvalue weighted by Gasteiger charge is -2.03. The van der Waals surface area contributed by atoms with E-state index in [1.807, 2.05) is 13.0 Å². The first-order chi connectivity index (χ1) is 4.20. The van der Waals surface area contributed by atoms with Gasteiger partial charge in [-0.2, -0.15) is 0 Å². The molecule has 0 saturated carbocycles. The fraction of sp³-hybridized carbons (Fsp3) is 0.500. The van der Waals surface area contributed by atoms with Gasteiger partial charge in [0.05, 0.1) is 6.10 Å². The molecule has 2 atom stereocenters. The summed E-state index contributed by atoms with van der Waals surface area (Å²) in [5.74, 6) is 0. The van der Waals surface area contributed by atoms with Gasteiger partial charge in [-0.3, -0.25) is 4.79 Å². The fourth-order valence-corrected chi connectivity index (χ4v) is 0.833. The highest BCUT2D eigenvalue weighted by Crippen LogP contribution is 2.12. The van der Waals surface area contributed by atoms with Crippen LogP contribution in [-0.4, -0.2) is 17.5 Å². The molecule has 0 N–H and O–H groups in total. The Bertz CT molecular complexity index is 153. The predicted molar refractivity (Wildman–Crippen MR) is 34.3 cm³/mol. The Morgan fingerprint density at radius 1 is 1.67 bits per heavy atom. The van der Waals surface area contributed by atoms with E-state index >= 15 is 0 Å². The summed E-state index contributed by atoms with van der Waals surface area (Å²) in [7, 11) is 0. The molecule has 0 amide bonds. The number of ether oxygens (including phenoxy) is 1. The number of hydrogen-bond acceptors (Lipinski definition) is 2. The molecule has 0 aliphatic carbocycles. The van der Waals surface area contributed by atoms with Crippen LogP contribution in [0, 0.1) is 0 Å².